The molecule has 3 aromatic heterocycles. The van der Waals surface area contributed by atoms with Crippen LogP contribution in [0.1, 0.15) is 98.4 Å². The first-order chi connectivity index (χ1) is 29.6. The Bertz CT molecular complexity index is 2120. The zero-order valence-electron chi connectivity index (χ0n) is 35.0. The minimum absolute atomic E-state index is 0.00649. The fraction of sp³-hybridized carbons (Fsp3) is 0.545. The normalized spacial score (nSPS) is 17.7. The summed E-state index contributed by atoms with van der Waals surface area (Å²) in [6, 6.07) is 9.05. The number of rotatable bonds is 20. The van der Waals surface area contributed by atoms with Crippen LogP contribution in [-0.2, 0) is 16.0 Å². The number of pyridine rings is 1. The van der Waals surface area contributed by atoms with Gasteiger partial charge in [0.25, 0.3) is 18.2 Å². The number of aryl methyl sites for hydroxylation is 1. The molecule has 3 amide bonds. The molecule has 0 radical (unpaired) electrons. The number of nitrogens with one attached hydrogen (secondary N) is 2. The molecule has 61 heavy (non-hydrogen) atoms. The first kappa shape index (κ1) is 44.0. The lowest BCUT2D eigenvalue weighted by Gasteiger charge is -2.31. The molecule has 0 atom stereocenters. The molecule has 14 nitrogen and oxygen atoms in total. The van der Waals surface area contributed by atoms with Crippen LogP contribution in [0.5, 0.6) is 5.75 Å². The lowest BCUT2D eigenvalue weighted by molar-refractivity contribution is -0.123. The molecule has 7 rings (SSSR count). The number of hydrogen-bond donors (Lipinski definition) is 2. The number of halogens is 3. The number of oxazole rings is 1. The van der Waals surface area contributed by atoms with Crippen LogP contribution in [0.15, 0.2) is 53.4 Å². The standard InChI is InChI=1S/C44H56ClF2N9O5/c1-53(19-5-3-4-17-49-39(57)28-60-34-14-15-36-31(21-34)7-6-20-55(36)40(58)23-45)25-30-10-12-33(13-11-30)56-26-37(41(52-56)42(46)47)54(2)44(59)35-27-61-43(51-35)32-16-18-48-38(22-32)50-24-29-8-9-29/h14-16,18,21-22,26-27,29-30,33,42H,3-13,17,19-20,23-25,28H2,1-2H3,(H,48,50)(H,49,57)/t30-,33-. The molecular formula is C44H56ClF2N9O5. The molecule has 0 saturated heterocycles. The van der Waals surface area contributed by atoms with Crippen molar-refractivity contribution in [3.8, 4) is 17.2 Å². The Hall–Kier alpha value is -5.09. The van der Waals surface area contributed by atoms with Gasteiger partial charge in [-0.2, -0.15) is 5.10 Å². The number of benzene rings is 1. The lowest BCUT2D eigenvalue weighted by Crippen LogP contribution is -2.36. The van der Waals surface area contributed by atoms with E-state index in [0.717, 1.165) is 88.7 Å². The van der Waals surface area contributed by atoms with E-state index in [1.165, 1.54) is 31.1 Å². The van der Waals surface area contributed by atoms with E-state index in [9.17, 15) is 23.2 Å². The summed E-state index contributed by atoms with van der Waals surface area (Å²) in [5, 5.41) is 10.5. The fourth-order valence-electron chi connectivity index (χ4n) is 8.24. The summed E-state index contributed by atoms with van der Waals surface area (Å²) in [7, 11) is 3.58. The third-order valence-electron chi connectivity index (χ3n) is 11.9. The Kier molecular flexibility index (Phi) is 14.9. The Morgan fingerprint density at radius 3 is 2.61 bits per heavy atom. The number of amides is 3. The van der Waals surface area contributed by atoms with Crippen LogP contribution in [0.4, 0.5) is 26.0 Å². The van der Waals surface area contributed by atoms with Gasteiger partial charge >= 0.3 is 0 Å². The number of alkyl halides is 3. The van der Waals surface area contributed by atoms with E-state index >= 15 is 0 Å². The number of carbonyl (C=O) groups is 3. The summed E-state index contributed by atoms with van der Waals surface area (Å²) in [5.41, 5.74) is 2.14. The average Bonchev–Trinajstić information content (AvgIpc) is 3.77. The highest BCUT2D eigenvalue weighted by Crippen LogP contribution is 2.37. The SMILES string of the molecule is CN(CCCCCNC(=O)COc1ccc2c(c1)CCCN2C(=O)CCl)C[C@H]1CC[C@H](n2cc(N(C)C(=O)c3coc(-c4ccnc(NCC5CC5)c4)n3)c(C(F)F)n2)CC1. The Balaban J connectivity index is 0.797. The molecule has 1 aliphatic heterocycles. The second-order valence-electron chi connectivity index (χ2n) is 16.5. The summed E-state index contributed by atoms with van der Waals surface area (Å²) in [6.45, 7) is 3.90. The van der Waals surface area contributed by atoms with Gasteiger partial charge in [0, 0.05) is 56.9 Å². The molecule has 4 aromatic rings. The van der Waals surface area contributed by atoms with E-state index in [1.807, 2.05) is 18.2 Å². The zero-order valence-corrected chi connectivity index (χ0v) is 35.7. The highest BCUT2D eigenvalue weighted by atomic mass is 35.5. The van der Waals surface area contributed by atoms with Crippen LogP contribution in [0, 0.1) is 11.8 Å². The summed E-state index contributed by atoms with van der Waals surface area (Å²) in [6.07, 6.45) is 12.1. The predicted octanol–water partition coefficient (Wildman–Crippen LogP) is 7.52. The lowest BCUT2D eigenvalue weighted by atomic mass is 9.86. The maximum absolute atomic E-state index is 14.3. The monoisotopic (exact) mass is 863 g/mol. The second kappa shape index (κ2) is 20.6. The van der Waals surface area contributed by atoms with Crippen molar-refractivity contribution in [1.82, 2.24) is 30.0 Å². The van der Waals surface area contributed by atoms with Crippen molar-refractivity contribution in [1.29, 1.82) is 0 Å². The fourth-order valence-corrected chi connectivity index (χ4v) is 8.39. The van der Waals surface area contributed by atoms with E-state index < -0.39 is 18.0 Å². The number of nitrogens with zero attached hydrogens (tertiary/aromatic N) is 7. The van der Waals surface area contributed by atoms with Crippen LogP contribution >= 0.6 is 11.6 Å². The Morgan fingerprint density at radius 1 is 1.03 bits per heavy atom. The molecule has 0 bridgehead atoms. The van der Waals surface area contributed by atoms with Crippen LogP contribution in [0.3, 0.4) is 0 Å². The number of unbranched alkanes of at least 4 members (excludes halogenated alkanes) is 2. The molecule has 2 fully saturated rings. The van der Waals surface area contributed by atoms with Gasteiger partial charge in [0.1, 0.15) is 23.7 Å². The molecule has 4 heterocycles. The minimum atomic E-state index is -2.86. The minimum Gasteiger partial charge on any atom is -0.484 e. The highest BCUT2D eigenvalue weighted by molar-refractivity contribution is 6.29. The van der Waals surface area contributed by atoms with E-state index in [4.69, 9.17) is 20.8 Å². The van der Waals surface area contributed by atoms with Crippen LogP contribution in [-0.4, -0.2) is 102 Å². The van der Waals surface area contributed by atoms with Gasteiger partial charge in [-0.25, -0.2) is 18.7 Å². The topological polar surface area (TPSA) is 151 Å². The maximum atomic E-state index is 14.3. The quantitative estimate of drug-likeness (QED) is 0.0675. The molecule has 2 saturated carbocycles. The number of carbonyl (C=O) groups excluding carboxylic acids is 3. The van der Waals surface area contributed by atoms with Gasteiger partial charge in [-0.05, 0) is 126 Å². The van der Waals surface area contributed by atoms with Gasteiger partial charge in [0.2, 0.25) is 11.8 Å². The van der Waals surface area contributed by atoms with Gasteiger partial charge < -0.3 is 34.5 Å². The Morgan fingerprint density at radius 2 is 1.84 bits per heavy atom. The van der Waals surface area contributed by atoms with Crippen molar-refractivity contribution in [2.45, 2.75) is 83.1 Å². The predicted molar refractivity (Wildman–Crippen MR) is 230 cm³/mol. The van der Waals surface area contributed by atoms with Crippen molar-refractivity contribution in [2.24, 2.45) is 11.8 Å². The highest BCUT2D eigenvalue weighted by Gasteiger charge is 2.31. The van der Waals surface area contributed by atoms with Gasteiger partial charge in [-0.3, -0.25) is 19.1 Å². The molecule has 17 heteroatoms. The molecule has 2 N–H and O–H groups in total. The van der Waals surface area contributed by atoms with Crippen molar-refractivity contribution in [3.63, 3.8) is 0 Å². The molecular weight excluding hydrogens is 808 g/mol. The summed E-state index contributed by atoms with van der Waals surface area (Å²) in [4.78, 5) is 52.0. The number of ether oxygens (including phenoxy) is 1. The summed E-state index contributed by atoms with van der Waals surface area (Å²) < 4.78 is 41.6. The van der Waals surface area contributed by atoms with Crippen LogP contribution in [0.2, 0.25) is 0 Å². The van der Waals surface area contributed by atoms with E-state index in [0.29, 0.717) is 42.1 Å². The largest absolute Gasteiger partial charge is 0.484 e. The van der Waals surface area contributed by atoms with Crippen molar-refractivity contribution in [3.05, 3.63) is 65.9 Å². The van der Waals surface area contributed by atoms with Crippen molar-refractivity contribution in [2.75, 3.05) is 74.4 Å². The van der Waals surface area contributed by atoms with Gasteiger partial charge in [-0.1, -0.05) is 6.42 Å². The first-order valence-electron chi connectivity index (χ1n) is 21.4. The first-order valence-corrected chi connectivity index (χ1v) is 22.0. The smallest absolute Gasteiger partial charge is 0.284 e. The Labute approximate surface area is 360 Å². The van der Waals surface area contributed by atoms with E-state index in [1.54, 1.807) is 34.1 Å². The second-order valence-corrected chi connectivity index (χ2v) is 16.8. The van der Waals surface area contributed by atoms with Crippen molar-refractivity contribution < 1.29 is 32.3 Å². The maximum Gasteiger partial charge on any atom is 0.284 e. The molecule has 3 aliphatic rings. The van der Waals surface area contributed by atoms with Gasteiger partial charge in [-0.15, -0.1) is 11.6 Å². The zero-order chi connectivity index (χ0) is 42.9. The van der Waals surface area contributed by atoms with Crippen LogP contribution in [0.25, 0.3) is 11.5 Å². The number of fused-ring (bicyclic) bond motifs is 1. The molecule has 0 unspecified atom stereocenters. The van der Waals surface area contributed by atoms with Crippen LogP contribution < -0.4 is 25.2 Å². The van der Waals surface area contributed by atoms with E-state index in [-0.39, 0.29) is 47.6 Å². The van der Waals surface area contributed by atoms with E-state index in [2.05, 4.69) is 37.6 Å². The third kappa shape index (κ3) is 11.6. The molecule has 328 valence electrons. The molecule has 2 aliphatic carbocycles. The molecule has 0 spiro atoms. The molecule has 1 aromatic carbocycles. The number of anilines is 3. The third-order valence-corrected chi connectivity index (χ3v) is 12.1. The van der Waals surface area contributed by atoms with Gasteiger partial charge in [0.05, 0.1) is 11.7 Å². The average molecular weight is 864 g/mol. The van der Waals surface area contributed by atoms with Gasteiger partial charge in [0.15, 0.2) is 18.0 Å². The summed E-state index contributed by atoms with van der Waals surface area (Å²) in [5.74, 6) is 1.78. The number of hydrogen-bond acceptors (Lipinski definition) is 10. The summed E-state index contributed by atoms with van der Waals surface area (Å²) >= 11 is 5.77. The number of aromatic nitrogens is 4. The van der Waals surface area contributed by atoms with Crippen molar-refractivity contribution >= 4 is 46.5 Å².